The third kappa shape index (κ3) is 3.45. The van der Waals surface area contributed by atoms with E-state index in [-0.39, 0.29) is 11.5 Å². The minimum absolute atomic E-state index is 0.0795. The van der Waals surface area contributed by atoms with Gasteiger partial charge in [-0.05, 0) is 38.2 Å². The monoisotopic (exact) mass is 385 g/mol. The molecule has 3 heterocycles. The van der Waals surface area contributed by atoms with E-state index in [0.29, 0.717) is 24.1 Å². The van der Waals surface area contributed by atoms with Crippen LogP contribution in [0.2, 0.25) is 0 Å². The van der Waals surface area contributed by atoms with E-state index < -0.39 is 6.17 Å². The lowest BCUT2D eigenvalue weighted by Crippen LogP contribution is -2.61. The maximum Gasteiger partial charge on any atom is 0.224 e. The molecule has 2 aromatic rings. The molecule has 2 unspecified atom stereocenters. The number of aromatic amines is 1. The van der Waals surface area contributed by atoms with E-state index in [4.69, 9.17) is 0 Å². The van der Waals surface area contributed by atoms with Crippen molar-refractivity contribution in [3.8, 4) is 0 Å². The van der Waals surface area contributed by atoms with Crippen molar-refractivity contribution >= 4 is 17.6 Å². The zero-order chi connectivity index (χ0) is 19.0. The highest BCUT2D eigenvalue weighted by molar-refractivity contribution is 5.53. The molecule has 2 atom stereocenters. The smallest absolute Gasteiger partial charge is 0.224 e. The number of alkyl halides is 1. The van der Waals surface area contributed by atoms with Gasteiger partial charge in [-0.1, -0.05) is 12.8 Å². The zero-order valence-corrected chi connectivity index (χ0v) is 16.0. The van der Waals surface area contributed by atoms with Gasteiger partial charge in [-0.2, -0.15) is 10.1 Å². The van der Waals surface area contributed by atoms with Gasteiger partial charge in [0.2, 0.25) is 5.95 Å². The molecule has 8 heteroatoms. The highest BCUT2D eigenvalue weighted by Crippen LogP contribution is 2.42. The summed E-state index contributed by atoms with van der Waals surface area (Å²) in [6.45, 7) is 1.62. The van der Waals surface area contributed by atoms with Crippen molar-refractivity contribution in [1.82, 2.24) is 25.5 Å². The van der Waals surface area contributed by atoms with Gasteiger partial charge < -0.3 is 16.0 Å². The Labute approximate surface area is 164 Å². The molecule has 3 fully saturated rings. The molecule has 0 radical (unpaired) electrons. The van der Waals surface area contributed by atoms with E-state index >= 15 is 0 Å². The Morgan fingerprint density at radius 2 is 2.00 bits per heavy atom. The molecule has 7 nitrogen and oxygen atoms in total. The first-order valence-electron chi connectivity index (χ1n) is 10.5. The highest BCUT2D eigenvalue weighted by Gasteiger charge is 2.48. The highest BCUT2D eigenvalue weighted by atomic mass is 19.1. The van der Waals surface area contributed by atoms with Crippen molar-refractivity contribution in [3.05, 3.63) is 24.0 Å². The first kappa shape index (κ1) is 17.8. The van der Waals surface area contributed by atoms with Crippen LogP contribution in [0.1, 0.15) is 56.6 Å². The van der Waals surface area contributed by atoms with E-state index in [0.717, 1.165) is 31.7 Å². The maximum atomic E-state index is 14.6. The fourth-order valence-electron chi connectivity index (χ4n) is 4.87. The summed E-state index contributed by atoms with van der Waals surface area (Å²) in [6, 6.07) is 3.98. The summed E-state index contributed by atoms with van der Waals surface area (Å²) in [5, 5.41) is 17.3. The van der Waals surface area contributed by atoms with Crippen LogP contribution in [0, 0.1) is 5.41 Å². The van der Waals surface area contributed by atoms with Crippen molar-refractivity contribution in [1.29, 1.82) is 0 Å². The predicted octanol–water partition coefficient (Wildman–Crippen LogP) is 3.49. The molecule has 0 amide bonds. The van der Waals surface area contributed by atoms with E-state index in [1.165, 1.54) is 31.4 Å². The third-order valence-corrected chi connectivity index (χ3v) is 6.74. The minimum Gasteiger partial charge on any atom is -0.351 e. The lowest BCUT2D eigenvalue weighted by Gasteiger charge is -2.49. The Morgan fingerprint density at radius 3 is 2.75 bits per heavy atom. The van der Waals surface area contributed by atoms with Gasteiger partial charge in [-0.25, -0.2) is 9.37 Å². The van der Waals surface area contributed by atoms with Crippen molar-refractivity contribution in [3.63, 3.8) is 0 Å². The third-order valence-electron chi connectivity index (χ3n) is 6.74. The van der Waals surface area contributed by atoms with Crippen LogP contribution in [0.15, 0.2) is 18.3 Å². The topological polar surface area (TPSA) is 90.5 Å². The molecule has 2 aliphatic carbocycles. The first-order chi connectivity index (χ1) is 13.7. The summed E-state index contributed by atoms with van der Waals surface area (Å²) in [7, 11) is 0. The summed E-state index contributed by atoms with van der Waals surface area (Å²) in [4.78, 5) is 8.86. The molecule has 2 aromatic heterocycles. The molecule has 1 saturated heterocycles. The molecule has 5 rings (SSSR count). The van der Waals surface area contributed by atoms with Gasteiger partial charge in [-0.15, -0.1) is 0 Å². The maximum absolute atomic E-state index is 14.6. The van der Waals surface area contributed by atoms with Gasteiger partial charge >= 0.3 is 0 Å². The molecule has 0 bridgehead atoms. The summed E-state index contributed by atoms with van der Waals surface area (Å²) in [6.07, 6.45) is 8.40. The number of anilines is 3. The molecule has 3 aliphatic rings. The minimum atomic E-state index is -0.764. The van der Waals surface area contributed by atoms with Crippen LogP contribution in [0.25, 0.3) is 0 Å². The molecular formula is C20H28FN7. The zero-order valence-electron chi connectivity index (χ0n) is 16.0. The number of H-pyrrole nitrogens is 1. The standard InChI is InChI=1S/C20H28FN7/c21-16-9-14(5-7-20(16)11-22-12-20)24-19-23-8-6-17(26-19)25-18-10-15(27-28-18)13-3-1-2-4-13/h6,8,10,13-14,16,22H,1-5,7,9,11-12H2,(H3,23,24,25,26,27,28). The average molecular weight is 385 g/mol. The second kappa shape index (κ2) is 7.31. The fraction of sp³-hybridized carbons (Fsp3) is 0.650. The van der Waals surface area contributed by atoms with E-state index in [1.807, 2.05) is 6.07 Å². The largest absolute Gasteiger partial charge is 0.351 e. The lowest BCUT2D eigenvalue weighted by molar-refractivity contribution is 0.00301. The number of halogens is 1. The van der Waals surface area contributed by atoms with Crippen molar-refractivity contribution in [2.24, 2.45) is 5.41 Å². The number of rotatable bonds is 5. The van der Waals surface area contributed by atoms with Crippen molar-refractivity contribution in [2.75, 3.05) is 23.7 Å². The van der Waals surface area contributed by atoms with Gasteiger partial charge in [0.1, 0.15) is 12.0 Å². The Hall–Kier alpha value is -2.22. The second-order valence-corrected chi connectivity index (χ2v) is 8.63. The number of hydrogen-bond acceptors (Lipinski definition) is 6. The van der Waals surface area contributed by atoms with Gasteiger partial charge in [0, 0.05) is 48.4 Å². The summed E-state index contributed by atoms with van der Waals surface area (Å²) in [5.74, 6) is 2.60. The van der Waals surface area contributed by atoms with Crippen molar-refractivity contribution < 1.29 is 4.39 Å². The molecule has 150 valence electrons. The molecule has 0 aromatic carbocycles. The average Bonchev–Trinajstić information content (AvgIpc) is 3.32. The Kier molecular flexibility index (Phi) is 4.66. The van der Waals surface area contributed by atoms with E-state index in [9.17, 15) is 4.39 Å². The molecule has 1 spiro atoms. The second-order valence-electron chi connectivity index (χ2n) is 8.63. The van der Waals surface area contributed by atoms with Gasteiger partial charge in [0.25, 0.3) is 0 Å². The SMILES string of the molecule is FC1CC(Nc2nccc(Nc3cc(C4CCCC4)[nH]n3)n2)CCC12CNC2. The van der Waals surface area contributed by atoms with E-state index in [1.54, 1.807) is 6.20 Å². The molecule has 1 aliphatic heterocycles. The van der Waals surface area contributed by atoms with Gasteiger partial charge in [-0.3, -0.25) is 5.10 Å². The summed E-state index contributed by atoms with van der Waals surface area (Å²) < 4.78 is 14.6. The van der Waals surface area contributed by atoms with E-state index in [2.05, 4.69) is 42.2 Å². The Morgan fingerprint density at radius 1 is 1.14 bits per heavy atom. The molecule has 4 N–H and O–H groups in total. The van der Waals surface area contributed by atoms with Crippen LogP contribution in [0.4, 0.5) is 22.0 Å². The number of aromatic nitrogens is 4. The fourth-order valence-corrected chi connectivity index (χ4v) is 4.87. The van der Waals surface area contributed by atoms with Crippen LogP contribution in [0.5, 0.6) is 0 Å². The number of nitrogens with one attached hydrogen (secondary N) is 4. The van der Waals surface area contributed by atoms with Crippen LogP contribution < -0.4 is 16.0 Å². The molecular weight excluding hydrogens is 357 g/mol. The Bertz CT molecular complexity index is 812. The Balaban J connectivity index is 1.20. The van der Waals surface area contributed by atoms with Crippen LogP contribution in [-0.4, -0.2) is 45.5 Å². The molecule has 28 heavy (non-hydrogen) atoms. The lowest BCUT2D eigenvalue weighted by atomic mass is 9.67. The number of nitrogens with zero attached hydrogens (tertiary/aromatic N) is 3. The first-order valence-corrected chi connectivity index (χ1v) is 10.5. The van der Waals surface area contributed by atoms with Crippen LogP contribution in [0.3, 0.4) is 0 Å². The van der Waals surface area contributed by atoms with Crippen LogP contribution >= 0.6 is 0 Å². The van der Waals surface area contributed by atoms with Gasteiger partial charge in [0.15, 0.2) is 5.82 Å². The van der Waals surface area contributed by atoms with Crippen molar-refractivity contribution in [2.45, 2.75) is 63.1 Å². The van der Waals surface area contributed by atoms with Crippen LogP contribution in [-0.2, 0) is 0 Å². The normalized spacial score (nSPS) is 26.9. The van der Waals surface area contributed by atoms with Gasteiger partial charge in [0.05, 0.1) is 0 Å². The summed E-state index contributed by atoms with van der Waals surface area (Å²) in [5.41, 5.74) is 1.07. The quantitative estimate of drug-likeness (QED) is 0.630. The predicted molar refractivity (Wildman–Crippen MR) is 107 cm³/mol. The summed E-state index contributed by atoms with van der Waals surface area (Å²) >= 11 is 0. The molecule has 2 saturated carbocycles. The number of hydrogen-bond donors (Lipinski definition) is 4.